The van der Waals surface area contributed by atoms with Crippen molar-refractivity contribution in [1.29, 1.82) is 0 Å². The van der Waals surface area contributed by atoms with Gasteiger partial charge in [0.25, 0.3) is 0 Å². The summed E-state index contributed by atoms with van der Waals surface area (Å²) in [6, 6.07) is 8.05. The van der Waals surface area contributed by atoms with Crippen LogP contribution in [-0.4, -0.2) is 24.1 Å². The molecule has 25 heavy (non-hydrogen) atoms. The molecule has 1 aliphatic heterocycles. The van der Waals surface area contributed by atoms with Crippen molar-refractivity contribution in [3.63, 3.8) is 0 Å². The predicted octanol–water partition coefficient (Wildman–Crippen LogP) is 4.43. The fourth-order valence-electron chi connectivity index (χ4n) is 3.63. The van der Waals surface area contributed by atoms with Crippen LogP contribution in [0.2, 0.25) is 0 Å². The van der Waals surface area contributed by atoms with E-state index in [2.05, 4.69) is 27.6 Å². The molecular formula is C20H22INO3. The minimum absolute atomic E-state index is 0.120. The number of ketones is 1. The Balaban J connectivity index is 2.08. The SMILES string of the molecule is CCCOC(=O)C1C(C)=NC2=C(C(=O)CCC2)[C@H]1c1ccc(I)cc1. The van der Waals surface area contributed by atoms with Crippen molar-refractivity contribution < 1.29 is 14.3 Å². The molecule has 0 saturated heterocycles. The third-order valence-corrected chi connectivity index (χ3v) is 5.49. The Hall–Kier alpha value is -1.50. The first-order chi connectivity index (χ1) is 12.0. The van der Waals surface area contributed by atoms with E-state index in [0.717, 1.165) is 45.4 Å². The highest BCUT2D eigenvalue weighted by atomic mass is 127. The van der Waals surface area contributed by atoms with Gasteiger partial charge in [0.15, 0.2) is 5.78 Å². The van der Waals surface area contributed by atoms with Crippen molar-refractivity contribution in [2.24, 2.45) is 10.9 Å². The number of carbonyl (C=O) groups excluding carboxylic acids is 2. The number of halogens is 1. The number of carbonyl (C=O) groups is 2. The lowest BCUT2D eigenvalue weighted by molar-refractivity contribution is -0.146. The zero-order chi connectivity index (χ0) is 18.0. The smallest absolute Gasteiger partial charge is 0.315 e. The number of hydrogen-bond acceptors (Lipinski definition) is 4. The highest BCUT2D eigenvalue weighted by Crippen LogP contribution is 2.43. The van der Waals surface area contributed by atoms with Crippen LogP contribution in [0.25, 0.3) is 0 Å². The maximum Gasteiger partial charge on any atom is 0.315 e. The highest BCUT2D eigenvalue weighted by molar-refractivity contribution is 14.1. The highest BCUT2D eigenvalue weighted by Gasteiger charge is 2.42. The van der Waals surface area contributed by atoms with E-state index >= 15 is 0 Å². The molecule has 0 saturated carbocycles. The molecule has 1 aliphatic carbocycles. The summed E-state index contributed by atoms with van der Waals surface area (Å²) in [5.74, 6) is -0.972. The second-order valence-corrected chi connectivity index (χ2v) is 7.81. The first-order valence-corrected chi connectivity index (χ1v) is 9.84. The van der Waals surface area contributed by atoms with E-state index in [9.17, 15) is 9.59 Å². The van der Waals surface area contributed by atoms with Crippen LogP contribution in [0, 0.1) is 9.49 Å². The number of Topliss-reactive ketones (excluding diaryl/α,β-unsaturated/α-hetero) is 1. The Bertz CT molecular complexity index is 749. The van der Waals surface area contributed by atoms with Crippen molar-refractivity contribution in [2.45, 2.75) is 45.4 Å². The molecule has 2 atom stereocenters. The van der Waals surface area contributed by atoms with Gasteiger partial charge in [-0.1, -0.05) is 19.1 Å². The summed E-state index contributed by atoms with van der Waals surface area (Å²) < 4.78 is 6.56. The molecule has 0 radical (unpaired) electrons. The Morgan fingerprint density at radius 2 is 2.00 bits per heavy atom. The van der Waals surface area contributed by atoms with Crippen LogP contribution in [-0.2, 0) is 14.3 Å². The van der Waals surface area contributed by atoms with Crippen LogP contribution in [0.1, 0.15) is 51.0 Å². The Morgan fingerprint density at radius 1 is 1.28 bits per heavy atom. The maximum absolute atomic E-state index is 12.8. The third-order valence-electron chi connectivity index (χ3n) is 4.77. The lowest BCUT2D eigenvalue weighted by atomic mass is 9.72. The van der Waals surface area contributed by atoms with Crippen LogP contribution < -0.4 is 0 Å². The number of rotatable bonds is 4. The summed E-state index contributed by atoms with van der Waals surface area (Å²) in [4.78, 5) is 30.1. The molecular weight excluding hydrogens is 429 g/mol. The molecule has 132 valence electrons. The number of aliphatic imine (C=N–C) groups is 1. The van der Waals surface area contributed by atoms with E-state index in [4.69, 9.17) is 4.74 Å². The zero-order valence-electron chi connectivity index (χ0n) is 14.5. The number of ether oxygens (including phenoxy) is 1. The Kier molecular flexibility index (Phi) is 5.71. The minimum atomic E-state index is -0.521. The second-order valence-electron chi connectivity index (χ2n) is 6.56. The summed E-state index contributed by atoms with van der Waals surface area (Å²) in [5, 5.41) is 0. The van der Waals surface area contributed by atoms with Gasteiger partial charge in [0, 0.05) is 32.9 Å². The molecule has 0 fully saturated rings. The summed E-state index contributed by atoms with van der Waals surface area (Å²) in [6.07, 6.45) is 2.94. The van der Waals surface area contributed by atoms with E-state index in [-0.39, 0.29) is 17.7 Å². The molecule has 1 aromatic rings. The van der Waals surface area contributed by atoms with E-state index in [1.807, 2.05) is 38.1 Å². The fourth-order valence-corrected chi connectivity index (χ4v) is 3.99. The van der Waals surface area contributed by atoms with Gasteiger partial charge in [-0.2, -0.15) is 0 Å². The van der Waals surface area contributed by atoms with Gasteiger partial charge in [-0.3, -0.25) is 14.6 Å². The Labute approximate surface area is 161 Å². The van der Waals surface area contributed by atoms with Gasteiger partial charge in [-0.25, -0.2) is 0 Å². The molecule has 4 nitrogen and oxygen atoms in total. The van der Waals surface area contributed by atoms with Gasteiger partial charge in [-0.05, 0) is 66.5 Å². The van der Waals surface area contributed by atoms with Crippen molar-refractivity contribution in [3.8, 4) is 0 Å². The fraction of sp³-hybridized carbons (Fsp3) is 0.450. The minimum Gasteiger partial charge on any atom is -0.465 e. The molecule has 1 unspecified atom stereocenters. The molecule has 0 N–H and O–H groups in total. The average molecular weight is 451 g/mol. The largest absolute Gasteiger partial charge is 0.465 e. The lowest BCUT2D eigenvalue weighted by Gasteiger charge is -2.34. The second kappa shape index (κ2) is 7.81. The summed E-state index contributed by atoms with van der Waals surface area (Å²) in [5.41, 5.74) is 3.31. The van der Waals surface area contributed by atoms with Crippen molar-refractivity contribution >= 4 is 40.1 Å². The molecule has 0 aromatic heterocycles. The number of benzene rings is 1. The van der Waals surface area contributed by atoms with E-state index < -0.39 is 5.92 Å². The van der Waals surface area contributed by atoms with Crippen LogP contribution in [0.5, 0.6) is 0 Å². The van der Waals surface area contributed by atoms with Crippen LogP contribution >= 0.6 is 22.6 Å². The molecule has 1 heterocycles. The number of hydrogen-bond donors (Lipinski definition) is 0. The molecule has 2 aliphatic rings. The van der Waals surface area contributed by atoms with Crippen LogP contribution in [0.3, 0.4) is 0 Å². The van der Waals surface area contributed by atoms with Crippen LogP contribution in [0.15, 0.2) is 40.5 Å². The molecule has 0 spiro atoms. The number of nitrogens with zero attached hydrogens (tertiary/aromatic N) is 1. The maximum atomic E-state index is 12.8. The number of allylic oxidation sites excluding steroid dienone is 2. The van der Waals surface area contributed by atoms with Crippen molar-refractivity contribution in [1.82, 2.24) is 0 Å². The summed E-state index contributed by atoms with van der Waals surface area (Å²) in [7, 11) is 0. The Morgan fingerprint density at radius 3 is 2.68 bits per heavy atom. The quantitative estimate of drug-likeness (QED) is 0.503. The number of esters is 1. The van der Waals surface area contributed by atoms with Crippen LogP contribution in [0.4, 0.5) is 0 Å². The molecule has 5 heteroatoms. The average Bonchev–Trinajstić information content (AvgIpc) is 2.59. The van der Waals surface area contributed by atoms with Gasteiger partial charge < -0.3 is 4.74 Å². The topological polar surface area (TPSA) is 55.7 Å². The summed E-state index contributed by atoms with van der Waals surface area (Å²) >= 11 is 2.26. The van der Waals surface area contributed by atoms with Gasteiger partial charge in [0.05, 0.1) is 6.61 Å². The van der Waals surface area contributed by atoms with E-state index in [1.54, 1.807) is 0 Å². The molecule has 0 bridgehead atoms. The molecule has 0 amide bonds. The third kappa shape index (κ3) is 3.71. The predicted molar refractivity (Wildman–Crippen MR) is 106 cm³/mol. The molecule has 3 rings (SSSR count). The zero-order valence-corrected chi connectivity index (χ0v) is 16.7. The van der Waals surface area contributed by atoms with E-state index in [0.29, 0.717) is 13.0 Å². The van der Waals surface area contributed by atoms with E-state index in [1.165, 1.54) is 0 Å². The van der Waals surface area contributed by atoms with Gasteiger partial charge in [-0.15, -0.1) is 0 Å². The van der Waals surface area contributed by atoms with Gasteiger partial charge in [0.1, 0.15) is 5.92 Å². The first-order valence-electron chi connectivity index (χ1n) is 8.76. The normalized spacial score (nSPS) is 23.2. The van der Waals surface area contributed by atoms with Crippen molar-refractivity contribution in [2.75, 3.05) is 6.61 Å². The van der Waals surface area contributed by atoms with Gasteiger partial charge >= 0.3 is 5.97 Å². The van der Waals surface area contributed by atoms with Crippen molar-refractivity contribution in [3.05, 3.63) is 44.7 Å². The lowest BCUT2D eigenvalue weighted by Crippen LogP contribution is -2.37. The first kappa shape index (κ1) is 18.3. The summed E-state index contributed by atoms with van der Waals surface area (Å²) in [6.45, 7) is 4.24. The monoisotopic (exact) mass is 451 g/mol. The molecule has 1 aromatic carbocycles. The standard InChI is InChI=1S/C20H22INO3/c1-3-11-25-20(24)17-12(2)22-15-5-4-6-16(23)19(15)18(17)13-7-9-14(21)10-8-13/h7-10,17-18H,3-6,11H2,1-2H3/t17?,18-/m0/s1. The van der Waals surface area contributed by atoms with Gasteiger partial charge in [0.2, 0.25) is 0 Å².